The standard InChI is InChI=1S/C12H18N4OS/c1-7(2)4-9(13)12-15-10(16-17-12)5-11-14-8(3)6-18-11/h6-7,9H,4-5,13H2,1-3H3/t9-/m0/s1. The first-order chi connectivity index (χ1) is 8.54. The Labute approximate surface area is 110 Å². The van der Waals surface area contributed by atoms with E-state index in [9.17, 15) is 0 Å². The fourth-order valence-corrected chi connectivity index (χ4v) is 2.49. The Morgan fingerprint density at radius 3 is 2.78 bits per heavy atom. The first-order valence-corrected chi connectivity index (χ1v) is 6.91. The lowest BCUT2D eigenvalue weighted by molar-refractivity contribution is 0.333. The van der Waals surface area contributed by atoms with Gasteiger partial charge in [0.25, 0.3) is 0 Å². The van der Waals surface area contributed by atoms with E-state index in [-0.39, 0.29) is 6.04 Å². The van der Waals surface area contributed by atoms with Crippen molar-refractivity contribution in [3.8, 4) is 0 Å². The summed E-state index contributed by atoms with van der Waals surface area (Å²) in [5.74, 6) is 1.68. The van der Waals surface area contributed by atoms with Crippen molar-refractivity contribution in [2.75, 3.05) is 0 Å². The molecule has 0 aliphatic carbocycles. The average molecular weight is 266 g/mol. The number of hydrogen-bond acceptors (Lipinski definition) is 6. The van der Waals surface area contributed by atoms with Crippen molar-refractivity contribution in [2.24, 2.45) is 11.7 Å². The zero-order valence-electron chi connectivity index (χ0n) is 10.9. The summed E-state index contributed by atoms with van der Waals surface area (Å²) < 4.78 is 5.20. The molecule has 0 saturated heterocycles. The average Bonchev–Trinajstić information content (AvgIpc) is 2.87. The highest BCUT2D eigenvalue weighted by Gasteiger charge is 2.16. The van der Waals surface area contributed by atoms with Gasteiger partial charge in [0.2, 0.25) is 5.89 Å². The SMILES string of the molecule is Cc1csc(Cc2noc([C@@H](N)CC(C)C)n2)n1. The topological polar surface area (TPSA) is 77.8 Å². The van der Waals surface area contributed by atoms with Gasteiger partial charge in [0.1, 0.15) is 5.01 Å². The first kappa shape index (κ1) is 13.2. The minimum Gasteiger partial charge on any atom is -0.338 e. The smallest absolute Gasteiger partial charge is 0.243 e. The molecular weight excluding hydrogens is 248 g/mol. The van der Waals surface area contributed by atoms with Crippen LogP contribution in [0.2, 0.25) is 0 Å². The van der Waals surface area contributed by atoms with E-state index < -0.39 is 0 Å². The third kappa shape index (κ3) is 3.36. The lowest BCUT2D eigenvalue weighted by Crippen LogP contribution is -2.13. The van der Waals surface area contributed by atoms with Crippen LogP contribution in [0, 0.1) is 12.8 Å². The van der Waals surface area contributed by atoms with Crippen molar-refractivity contribution in [3.63, 3.8) is 0 Å². The van der Waals surface area contributed by atoms with Gasteiger partial charge in [-0.05, 0) is 19.3 Å². The second-order valence-corrected chi connectivity index (χ2v) is 5.79. The van der Waals surface area contributed by atoms with Crippen LogP contribution in [0.25, 0.3) is 0 Å². The van der Waals surface area contributed by atoms with Gasteiger partial charge in [-0.1, -0.05) is 19.0 Å². The Bertz CT molecular complexity index is 506. The van der Waals surface area contributed by atoms with Gasteiger partial charge >= 0.3 is 0 Å². The van der Waals surface area contributed by atoms with Gasteiger partial charge in [-0.15, -0.1) is 11.3 Å². The Morgan fingerprint density at radius 2 is 2.17 bits per heavy atom. The predicted octanol–water partition coefficient (Wildman–Crippen LogP) is 2.47. The van der Waals surface area contributed by atoms with Crippen molar-refractivity contribution in [1.82, 2.24) is 15.1 Å². The van der Waals surface area contributed by atoms with E-state index in [4.69, 9.17) is 10.3 Å². The lowest BCUT2D eigenvalue weighted by Gasteiger charge is -2.08. The lowest BCUT2D eigenvalue weighted by atomic mass is 10.0. The van der Waals surface area contributed by atoms with Crippen molar-refractivity contribution < 1.29 is 4.52 Å². The van der Waals surface area contributed by atoms with E-state index in [1.54, 1.807) is 11.3 Å². The summed E-state index contributed by atoms with van der Waals surface area (Å²) in [6.45, 7) is 6.21. The highest BCUT2D eigenvalue weighted by Crippen LogP contribution is 2.18. The van der Waals surface area contributed by atoms with Gasteiger partial charge < -0.3 is 10.3 Å². The Hall–Kier alpha value is -1.27. The maximum Gasteiger partial charge on any atom is 0.243 e. The molecule has 2 aromatic rings. The molecule has 1 atom stereocenters. The molecule has 0 bridgehead atoms. The van der Waals surface area contributed by atoms with Gasteiger partial charge in [-0.3, -0.25) is 0 Å². The largest absolute Gasteiger partial charge is 0.338 e. The quantitative estimate of drug-likeness (QED) is 0.899. The molecule has 0 radical (unpaired) electrons. The highest BCUT2D eigenvalue weighted by atomic mass is 32.1. The fourth-order valence-electron chi connectivity index (χ4n) is 1.72. The molecule has 0 aliphatic rings. The van der Waals surface area contributed by atoms with Crippen LogP contribution >= 0.6 is 11.3 Å². The normalized spacial score (nSPS) is 13.2. The summed E-state index contributed by atoms with van der Waals surface area (Å²) in [5.41, 5.74) is 7.02. The second kappa shape index (κ2) is 5.58. The number of nitrogens with zero attached hydrogens (tertiary/aromatic N) is 3. The van der Waals surface area contributed by atoms with Crippen LogP contribution in [0.3, 0.4) is 0 Å². The third-order valence-corrected chi connectivity index (χ3v) is 3.47. The molecule has 2 heterocycles. The number of aromatic nitrogens is 3. The molecule has 5 nitrogen and oxygen atoms in total. The fraction of sp³-hybridized carbons (Fsp3) is 0.583. The Morgan fingerprint density at radius 1 is 1.39 bits per heavy atom. The van der Waals surface area contributed by atoms with Gasteiger partial charge in [0, 0.05) is 11.1 Å². The first-order valence-electron chi connectivity index (χ1n) is 6.03. The van der Waals surface area contributed by atoms with E-state index in [0.717, 1.165) is 17.1 Å². The van der Waals surface area contributed by atoms with E-state index >= 15 is 0 Å². The molecule has 0 unspecified atom stereocenters. The summed E-state index contributed by atoms with van der Waals surface area (Å²) in [6, 6.07) is -0.177. The summed E-state index contributed by atoms with van der Waals surface area (Å²) in [5, 5.41) is 6.96. The van der Waals surface area contributed by atoms with Crippen molar-refractivity contribution in [2.45, 2.75) is 39.7 Å². The van der Waals surface area contributed by atoms with Crippen LogP contribution in [-0.2, 0) is 6.42 Å². The number of thiazole rings is 1. The van der Waals surface area contributed by atoms with Crippen LogP contribution < -0.4 is 5.73 Å². The number of rotatable bonds is 5. The van der Waals surface area contributed by atoms with Crippen molar-refractivity contribution in [1.29, 1.82) is 0 Å². The Kier molecular flexibility index (Phi) is 4.08. The second-order valence-electron chi connectivity index (χ2n) is 4.84. The van der Waals surface area contributed by atoms with E-state index in [1.165, 1.54) is 0 Å². The molecule has 2 rings (SSSR count). The molecule has 0 aromatic carbocycles. The van der Waals surface area contributed by atoms with Crippen LogP contribution in [0.15, 0.2) is 9.90 Å². The molecule has 6 heteroatoms. The van der Waals surface area contributed by atoms with E-state index in [1.807, 2.05) is 12.3 Å². The van der Waals surface area contributed by atoms with Crippen molar-refractivity contribution in [3.05, 3.63) is 27.8 Å². The summed E-state index contributed by atoms with van der Waals surface area (Å²) >= 11 is 1.61. The maximum atomic E-state index is 6.00. The van der Waals surface area contributed by atoms with Gasteiger partial charge in [0.15, 0.2) is 5.82 Å². The van der Waals surface area contributed by atoms with Gasteiger partial charge in [0.05, 0.1) is 12.5 Å². The van der Waals surface area contributed by atoms with Crippen LogP contribution in [0.1, 0.15) is 48.7 Å². The van der Waals surface area contributed by atoms with Crippen LogP contribution in [0.4, 0.5) is 0 Å². The van der Waals surface area contributed by atoms with Gasteiger partial charge in [-0.2, -0.15) is 4.98 Å². The molecule has 0 spiro atoms. The number of aryl methyl sites for hydroxylation is 1. The van der Waals surface area contributed by atoms with Gasteiger partial charge in [-0.25, -0.2) is 4.98 Å². The summed E-state index contributed by atoms with van der Waals surface area (Å²) in [7, 11) is 0. The molecule has 0 fully saturated rings. The summed E-state index contributed by atoms with van der Waals surface area (Å²) in [6.07, 6.45) is 1.45. The molecular formula is C12H18N4OS. The molecule has 18 heavy (non-hydrogen) atoms. The molecule has 0 amide bonds. The monoisotopic (exact) mass is 266 g/mol. The highest BCUT2D eigenvalue weighted by molar-refractivity contribution is 7.09. The molecule has 2 aromatic heterocycles. The van der Waals surface area contributed by atoms with E-state index in [2.05, 4.69) is 29.0 Å². The minimum absolute atomic E-state index is 0.177. The Balaban J connectivity index is 2.01. The van der Waals surface area contributed by atoms with Crippen LogP contribution in [-0.4, -0.2) is 15.1 Å². The minimum atomic E-state index is -0.177. The molecule has 2 N–H and O–H groups in total. The van der Waals surface area contributed by atoms with Crippen LogP contribution in [0.5, 0.6) is 0 Å². The summed E-state index contributed by atoms with van der Waals surface area (Å²) in [4.78, 5) is 8.71. The molecule has 98 valence electrons. The van der Waals surface area contributed by atoms with Crippen molar-refractivity contribution >= 4 is 11.3 Å². The number of hydrogen-bond donors (Lipinski definition) is 1. The molecule has 0 aliphatic heterocycles. The van der Waals surface area contributed by atoms with E-state index in [0.29, 0.717) is 24.1 Å². The predicted molar refractivity (Wildman–Crippen MR) is 70.3 cm³/mol. The maximum absolute atomic E-state index is 6.00. The zero-order chi connectivity index (χ0) is 13.1. The number of nitrogens with two attached hydrogens (primary N) is 1. The third-order valence-electron chi connectivity index (χ3n) is 2.50. The zero-order valence-corrected chi connectivity index (χ0v) is 11.7. The molecule has 0 saturated carbocycles.